The maximum Gasteiger partial charge on any atom is 0.327 e. The van der Waals surface area contributed by atoms with E-state index in [9.17, 15) is 14.7 Å². The minimum Gasteiger partial charge on any atom is -0.480 e. The molecule has 5 nitrogen and oxygen atoms in total. The summed E-state index contributed by atoms with van der Waals surface area (Å²) in [6, 6.07) is 6.54. The number of fused-ring (bicyclic) bond motifs is 1. The first-order valence-corrected chi connectivity index (χ1v) is 7.35. The Labute approximate surface area is 124 Å². The average Bonchev–Trinajstić information content (AvgIpc) is 2.89. The number of carbonyl (C=O) groups excluding carboxylic acids is 1. The monoisotopic (exact) mass is 290 g/mol. The Balaban J connectivity index is 2.48. The van der Waals surface area contributed by atoms with Crippen LogP contribution in [0.5, 0.6) is 0 Å². The normalized spacial score (nSPS) is 17.7. The van der Waals surface area contributed by atoms with Crippen molar-refractivity contribution in [1.82, 2.24) is 0 Å². The highest BCUT2D eigenvalue weighted by molar-refractivity contribution is 6.04. The van der Waals surface area contributed by atoms with Crippen LogP contribution >= 0.6 is 0 Å². The number of carbonyl (C=O) groups is 2. The second-order valence-electron chi connectivity index (χ2n) is 5.55. The van der Waals surface area contributed by atoms with Crippen molar-refractivity contribution in [2.75, 3.05) is 11.4 Å². The molecule has 1 unspecified atom stereocenters. The van der Waals surface area contributed by atoms with Crippen LogP contribution in [-0.4, -0.2) is 29.6 Å². The van der Waals surface area contributed by atoms with E-state index in [4.69, 9.17) is 5.73 Å². The molecule has 0 radical (unpaired) electrons. The minimum atomic E-state index is -0.974. The lowest BCUT2D eigenvalue weighted by Crippen LogP contribution is -2.52. The van der Waals surface area contributed by atoms with Gasteiger partial charge in [-0.05, 0) is 24.5 Å². The summed E-state index contributed by atoms with van der Waals surface area (Å²) in [5.41, 5.74) is 6.76. The van der Waals surface area contributed by atoms with Crippen molar-refractivity contribution < 1.29 is 14.7 Å². The number of para-hydroxylation sites is 1. The summed E-state index contributed by atoms with van der Waals surface area (Å²) in [6.45, 7) is 4.07. The number of aliphatic carboxylic acids is 1. The van der Waals surface area contributed by atoms with Crippen molar-refractivity contribution in [2.45, 2.75) is 39.2 Å². The number of carboxylic acids is 1. The van der Waals surface area contributed by atoms with Gasteiger partial charge in [-0.1, -0.05) is 32.0 Å². The number of rotatable bonds is 5. The van der Waals surface area contributed by atoms with E-state index in [0.29, 0.717) is 24.9 Å². The predicted octanol–water partition coefficient (Wildman–Crippen LogP) is 1.79. The molecule has 0 fully saturated rings. The standard InChI is InChI=1S/C16H22N2O3/c1-3-16(4-2,10-17)15(21)18-12-8-6-5-7-11(12)9-13(18)14(19)20/h5-8,13H,3-4,9-10,17H2,1-2H3,(H,19,20). The van der Waals surface area contributed by atoms with Crippen molar-refractivity contribution in [3.8, 4) is 0 Å². The summed E-state index contributed by atoms with van der Waals surface area (Å²) in [6.07, 6.45) is 1.55. The first kappa shape index (κ1) is 15.5. The van der Waals surface area contributed by atoms with Crippen molar-refractivity contribution in [1.29, 1.82) is 0 Å². The van der Waals surface area contributed by atoms with Crippen LogP contribution in [0.15, 0.2) is 24.3 Å². The SMILES string of the molecule is CCC(CC)(CN)C(=O)N1c2ccccc2CC1C(=O)O. The van der Waals surface area contributed by atoms with E-state index in [1.807, 2.05) is 38.1 Å². The number of anilines is 1. The second kappa shape index (κ2) is 5.85. The third kappa shape index (κ3) is 2.42. The third-order valence-corrected chi connectivity index (χ3v) is 4.68. The summed E-state index contributed by atoms with van der Waals surface area (Å²) in [7, 11) is 0. The van der Waals surface area contributed by atoms with E-state index < -0.39 is 17.4 Å². The summed E-state index contributed by atoms with van der Waals surface area (Å²) < 4.78 is 0. The van der Waals surface area contributed by atoms with Crippen LogP contribution in [0.25, 0.3) is 0 Å². The molecule has 0 saturated carbocycles. The Morgan fingerprint density at radius 3 is 2.48 bits per heavy atom. The van der Waals surface area contributed by atoms with Gasteiger partial charge in [0.25, 0.3) is 0 Å². The lowest BCUT2D eigenvalue weighted by molar-refractivity contribution is -0.141. The fourth-order valence-electron chi connectivity index (χ4n) is 3.02. The summed E-state index contributed by atoms with van der Waals surface area (Å²) >= 11 is 0. The molecule has 0 bridgehead atoms. The number of nitrogens with zero attached hydrogens (tertiary/aromatic N) is 1. The van der Waals surface area contributed by atoms with E-state index in [1.165, 1.54) is 4.90 Å². The molecule has 21 heavy (non-hydrogen) atoms. The average molecular weight is 290 g/mol. The molecular weight excluding hydrogens is 268 g/mol. The maximum absolute atomic E-state index is 13.0. The van der Waals surface area contributed by atoms with Crippen molar-refractivity contribution in [3.63, 3.8) is 0 Å². The first-order chi connectivity index (χ1) is 10.0. The Morgan fingerprint density at radius 2 is 1.95 bits per heavy atom. The zero-order valence-corrected chi connectivity index (χ0v) is 12.5. The van der Waals surface area contributed by atoms with Crippen LogP contribution in [-0.2, 0) is 16.0 Å². The van der Waals surface area contributed by atoms with Gasteiger partial charge in [-0.3, -0.25) is 9.69 Å². The molecular formula is C16H22N2O3. The Bertz CT molecular complexity index is 544. The predicted molar refractivity (Wildman–Crippen MR) is 81.1 cm³/mol. The van der Waals surface area contributed by atoms with Gasteiger partial charge < -0.3 is 10.8 Å². The molecule has 1 amide bonds. The fraction of sp³-hybridized carbons (Fsp3) is 0.500. The van der Waals surface area contributed by atoms with E-state index >= 15 is 0 Å². The van der Waals surface area contributed by atoms with Gasteiger partial charge in [0.05, 0.1) is 5.41 Å². The third-order valence-electron chi connectivity index (χ3n) is 4.68. The molecule has 1 atom stereocenters. The van der Waals surface area contributed by atoms with Crippen LogP contribution in [0.3, 0.4) is 0 Å². The molecule has 2 rings (SSSR count). The smallest absolute Gasteiger partial charge is 0.327 e. The van der Waals surface area contributed by atoms with Crippen LogP contribution < -0.4 is 10.6 Å². The lowest BCUT2D eigenvalue weighted by atomic mass is 9.80. The number of nitrogens with two attached hydrogens (primary N) is 1. The molecule has 1 heterocycles. The Kier molecular flexibility index (Phi) is 4.32. The van der Waals surface area contributed by atoms with Gasteiger partial charge in [-0.15, -0.1) is 0 Å². The molecule has 1 aliphatic heterocycles. The van der Waals surface area contributed by atoms with Crippen LogP contribution in [0.4, 0.5) is 5.69 Å². The Morgan fingerprint density at radius 1 is 1.33 bits per heavy atom. The highest BCUT2D eigenvalue weighted by atomic mass is 16.4. The van der Waals surface area contributed by atoms with Crippen molar-refractivity contribution in [3.05, 3.63) is 29.8 Å². The minimum absolute atomic E-state index is 0.174. The number of carboxylic acid groups (broad SMARTS) is 1. The second-order valence-corrected chi connectivity index (χ2v) is 5.55. The highest BCUT2D eigenvalue weighted by Crippen LogP contribution is 2.37. The number of benzene rings is 1. The molecule has 0 spiro atoms. The molecule has 1 aromatic carbocycles. The molecule has 114 valence electrons. The van der Waals surface area contributed by atoms with Crippen LogP contribution in [0.1, 0.15) is 32.3 Å². The lowest BCUT2D eigenvalue weighted by Gasteiger charge is -2.35. The molecule has 1 aliphatic rings. The van der Waals surface area contributed by atoms with Crippen molar-refractivity contribution in [2.24, 2.45) is 11.1 Å². The van der Waals surface area contributed by atoms with Gasteiger partial charge in [-0.2, -0.15) is 0 Å². The van der Waals surface area contributed by atoms with Crippen molar-refractivity contribution >= 4 is 17.6 Å². The Hall–Kier alpha value is -1.88. The highest BCUT2D eigenvalue weighted by Gasteiger charge is 2.45. The largest absolute Gasteiger partial charge is 0.480 e. The maximum atomic E-state index is 13.0. The summed E-state index contributed by atoms with van der Waals surface area (Å²) in [4.78, 5) is 26.0. The number of hydrogen-bond donors (Lipinski definition) is 2. The van der Waals surface area contributed by atoms with E-state index in [-0.39, 0.29) is 12.5 Å². The number of hydrogen-bond acceptors (Lipinski definition) is 3. The quantitative estimate of drug-likeness (QED) is 0.866. The molecule has 0 saturated heterocycles. The summed E-state index contributed by atoms with van der Waals surface area (Å²) in [5, 5.41) is 9.46. The van der Waals surface area contributed by atoms with Gasteiger partial charge in [0.2, 0.25) is 5.91 Å². The number of amides is 1. The first-order valence-electron chi connectivity index (χ1n) is 7.35. The van der Waals surface area contributed by atoms with Gasteiger partial charge in [-0.25, -0.2) is 4.79 Å². The van der Waals surface area contributed by atoms with Gasteiger partial charge in [0.1, 0.15) is 6.04 Å². The topological polar surface area (TPSA) is 83.6 Å². The molecule has 3 N–H and O–H groups in total. The van der Waals surface area contributed by atoms with Crippen LogP contribution in [0.2, 0.25) is 0 Å². The molecule has 5 heteroatoms. The van der Waals surface area contributed by atoms with Gasteiger partial charge >= 0.3 is 5.97 Å². The molecule has 1 aromatic rings. The molecule has 0 aromatic heterocycles. The fourth-order valence-corrected chi connectivity index (χ4v) is 3.02. The van der Waals surface area contributed by atoms with E-state index in [0.717, 1.165) is 5.56 Å². The zero-order chi connectivity index (χ0) is 15.6. The van der Waals surface area contributed by atoms with Gasteiger partial charge in [0, 0.05) is 18.7 Å². The molecule has 0 aliphatic carbocycles. The summed E-state index contributed by atoms with van der Waals surface area (Å²) in [5.74, 6) is -1.15. The van der Waals surface area contributed by atoms with E-state index in [1.54, 1.807) is 0 Å². The van der Waals surface area contributed by atoms with Gasteiger partial charge in [0.15, 0.2) is 0 Å². The zero-order valence-electron chi connectivity index (χ0n) is 12.5. The van der Waals surface area contributed by atoms with Crippen LogP contribution in [0, 0.1) is 5.41 Å². The van der Waals surface area contributed by atoms with E-state index in [2.05, 4.69) is 0 Å².